The summed E-state index contributed by atoms with van der Waals surface area (Å²) < 4.78 is 78.0. The summed E-state index contributed by atoms with van der Waals surface area (Å²) in [4.78, 5) is 0. The van der Waals surface area contributed by atoms with Crippen LogP contribution in [0.5, 0.6) is 0 Å². The van der Waals surface area contributed by atoms with E-state index in [-0.39, 0.29) is 47.3 Å². The molecule has 19 heteroatoms. The Kier molecular flexibility index (Phi) is 33.3. The van der Waals surface area contributed by atoms with E-state index in [0.717, 1.165) is 0 Å². The fourth-order valence-corrected chi connectivity index (χ4v) is 5.99. The number of nitrogens with one attached hydrogen (secondary N) is 2. The first-order chi connectivity index (χ1) is 25.1. The summed E-state index contributed by atoms with van der Waals surface area (Å²) >= 11 is 0. The molecule has 0 amide bonds. The molecule has 1 aliphatic carbocycles. The number of nitriles is 2. The smallest absolute Gasteiger partial charge is 0.418 e. The van der Waals surface area contributed by atoms with Crippen molar-refractivity contribution in [1.29, 1.82) is 21.3 Å². The molecule has 6 rings (SSSR count). The molecule has 0 bridgehead atoms. The van der Waals surface area contributed by atoms with E-state index in [0.29, 0.717) is 11.1 Å². The average molecular weight is 903 g/mol. The molecule has 8 N–H and O–H groups in total. The van der Waals surface area contributed by atoms with Gasteiger partial charge in [-0.1, -0.05) is 140 Å². The number of halogens is 8. The minimum absolute atomic E-state index is 0. The van der Waals surface area contributed by atoms with Crippen LogP contribution in [0.25, 0.3) is 0 Å². The van der Waals surface area contributed by atoms with Gasteiger partial charge in [-0.05, 0) is 60.3 Å². The molecule has 0 unspecified atom stereocenters. The second kappa shape index (κ2) is 32.6. The van der Waals surface area contributed by atoms with Crippen molar-refractivity contribution in [3.8, 4) is 12.1 Å². The van der Waals surface area contributed by atoms with Crippen LogP contribution in [0.4, 0.5) is 34.5 Å². The van der Waals surface area contributed by atoms with Gasteiger partial charge in [0.15, 0.2) is 0 Å². The zero-order chi connectivity index (χ0) is 39.5. The fourth-order valence-electron chi connectivity index (χ4n) is 3.69. The van der Waals surface area contributed by atoms with Crippen LogP contribution in [0.3, 0.4) is 0 Å². The third-order valence-electron chi connectivity index (χ3n) is 5.78. The molecule has 0 fully saturated rings. The second-order valence-electron chi connectivity index (χ2n) is 9.83. The Labute approximate surface area is 339 Å². The van der Waals surface area contributed by atoms with E-state index in [4.69, 9.17) is 21.3 Å². The topological polar surface area (TPSA) is 190 Å². The predicted molar refractivity (Wildman–Crippen MR) is 212 cm³/mol. The summed E-state index contributed by atoms with van der Waals surface area (Å²) in [6.07, 6.45) is 6.70. The molecule has 0 heterocycles. The zero-order valence-corrected chi connectivity index (χ0v) is 32.2. The molecular weight excluding hydrogens is 866 g/mol. The van der Waals surface area contributed by atoms with Crippen molar-refractivity contribution in [2.24, 2.45) is 0 Å². The number of benzene rings is 5. The van der Waals surface area contributed by atoms with Crippen LogP contribution in [0, 0.1) is 33.5 Å². The maximum Gasteiger partial charge on any atom is 2.00 e. The van der Waals surface area contributed by atoms with E-state index < -0.39 is 22.4 Å². The van der Waals surface area contributed by atoms with E-state index in [1.165, 1.54) is 15.9 Å². The number of nitrogens with zero attached hydrogens (tertiary/aromatic N) is 2. The quantitative estimate of drug-likeness (QED) is 0.0809. The molecule has 0 spiro atoms. The van der Waals surface area contributed by atoms with Gasteiger partial charge in [-0.3, -0.25) is 10.8 Å². The zero-order valence-electron chi connectivity index (χ0n) is 29.6. The molecule has 1 aliphatic rings. The first-order valence-corrected chi connectivity index (χ1v) is 16.6. The summed E-state index contributed by atoms with van der Waals surface area (Å²) in [7, 11) is -12.4. The van der Waals surface area contributed by atoms with Gasteiger partial charge in [0.1, 0.15) is 0 Å². The van der Waals surface area contributed by atoms with Gasteiger partial charge in [-0.2, -0.15) is 10.5 Å². The van der Waals surface area contributed by atoms with Crippen LogP contribution in [0.15, 0.2) is 176 Å². The van der Waals surface area contributed by atoms with Crippen molar-refractivity contribution >= 4 is 49.8 Å². The van der Waals surface area contributed by atoms with Crippen LogP contribution in [0.2, 0.25) is 0 Å². The Morgan fingerprint density at radius 3 is 0.754 bits per heavy atom. The van der Waals surface area contributed by atoms with E-state index in [9.17, 15) is 34.5 Å². The number of hydrogen-bond donors (Lipinski definition) is 2. The van der Waals surface area contributed by atoms with Gasteiger partial charge in [0, 0.05) is 0 Å². The predicted octanol–water partition coefficient (Wildman–Crippen LogP) is 7.84. The first-order valence-electron chi connectivity index (χ1n) is 15.2. The molecule has 0 saturated heterocycles. The van der Waals surface area contributed by atoms with E-state index >= 15 is 0 Å². The van der Waals surface area contributed by atoms with Gasteiger partial charge in [0.05, 0.1) is 34.7 Å². The summed E-state index contributed by atoms with van der Waals surface area (Å²) in [6, 6.07) is 54.7. The monoisotopic (exact) mass is 904 g/mol. The minimum atomic E-state index is -6.00. The fraction of sp³-hybridized carbons (Fsp3) is 0. The SMILES string of the molecule is F[B-](F)(F)F.F[B-](F)(F)F.N#Cc1ccccc1.N#Cc1ccccc1.N=C1C=CC=CC1=N.O.O.O.[Ru+2].c1ccc(P(c2ccccc2)c2ccccc2)cc1. The molecule has 0 atom stereocenters. The third kappa shape index (κ3) is 31.3. The Morgan fingerprint density at radius 1 is 0.404 bits per heavy atom. The molecule has 5 aromatic rings. The van der Waals surface area contributed by atoms with Gasteiger partial charge in [0.25, 0.3) is 0 Å². The van der Waals surface area contributed by atoms with E-state index in [2.05, 4.69) is 91.0 Å². The summed E-state index contributed by atoms with van der Waals surface area (Å²) in [5.41, 5.74) is 2.00. The van der Waals surface area contributed by atoms with Crippen LogP contribution in [0.1, 0.15) is 11.1 Å². The second-order valence-corrected chi connectivity index (χ2v) is 12.1. The molecule has 0 saturated carbocycles. The van der Waals surface area contributed by atoms with Gasteiger partial charge < -0.3 is 51.0 Å². The molecule has 0 aromatic heterocycles. The standard InChI is InChI=1S/C18H15P.2C7H5N.C6H6N2.2BF4.3H2O.Ru/c1-4-10-16(11-5-1)19(17-12-6-2-7-13-17)18-14-8-3-9-15-18;2*8-6-7-4-2-1-3-5-7;7-5-3-1-2-4-6(5)8;2*2-1(3,4)5;;;;/h1-15H;2*1-5H;1-4,7-8H;;;3*1H2;/q;;;;2*-1;;;;+2. The maximum atomic E-state index is 9.75. The van der Waals surface area contributed by atoms with Crippen molar-refractivity contribution in [2.45, 2.75) is 0 Å². The molecule has 5 aromatic carbocycles. The van der Waals surface area contributed by atoms with Gasteiger partial charge in [-0.15, -0.1) is 0 Å². The average Bonchev–Trinajstić information content (AvgIpc) is 3.14. The Balaban J connectivity index is -0.000000317. The van der Waals surface area contributed by atoms with Crippen LogP contribution >= 0.6 is 7.92 Å². The van der Waals surface area contributed by atoms with Crippen molar-refractivity contribution in [3.05, 3.63) is 187 Å². The van der Waals surface area contributed by atoms with Crippen LogP contribution in [-0.2, 0) is 19.5 Å². The molecule has 0 radical (unpaired) electrons. The number of allylic oxidation sites excluding steroid dienone is 4. The first kappa shape index (κ1) is 58.1. The van der Waals surface area contributed by atoms with Gasteiger partial charge >= 0.3 is 34.0 Å². The molecule has 0 aliphatic heterocycles. The summed E-state index contributed by atoms with van der Waals surface area (Å²) in [6.45, 7) is 0. The van der Waals surface area contributed by atoms with Crippen LogP contribution in [-0.4, -0.2) is 42.4 Å². The maximum absolute atomic E-state index is 9.75. The number of rotatable bonds is 3. The van der Waals surface area contributed by atoms with E-state index in [1.807, 2.05) is 48.5 Å². The van der Waals surface area contributed by atoms with Crippen molar-refractivity contribution in [3.63, 3.8) is 0 Å². The van der Waals surface area contributed by atoms with Gasteiger partial charge in [0.2, 0.25) is 0 Å². The van der Waals surface area contributed by atoms with E-state index in [1.54, 1.807) is 48.6 Å². The molecule has 57 heavy (non-hydrogen) atoms. The van der Waals surface area contributed by atoms with Crippen molar-refractivity contribution in [2.75, 3.05) is 0 Å². The Hall–Kier alpha value is -5.60. The van der Waals surface area contributed by atoms with Crippen molar-refractivity contribution < 1.29 is 70.4 Å². The third-order valence-corrected chi connectivity index (χ3v) is 8.22. The van der Waals surface area contributed by atoms with Crippen LogP contribution < -0.4 is 15.9 Å². The Bertz CT molecular complexity index is 1750. The largest absolute Gasteiger partial charge is 2.00 e. The van der Waals surface area contributed by atoms with Crippen molar-refractivity contribution in [1.82, 2.24) is 0 Å². The molecular formula is C38H37B2F8N4O3PRu. The minimum Gasteiger partial charge on any atom is -0.418 e. The Morgan fingerprint density at radius 2 is 0.596 bits per heavy atom. The number of hydrogen-bond acceptors (Lipinski definition) is 4. The van der Waals surface area contributed by atoms with Gasteiger partial charge in [-0.25, -0.2) is 0 Å². The normalized spacial score (nSPS) is 10.3. The summed E-state index contributed by atoms with van der Waals surface area (Å²) in [5.74, 6) is 0. The molecule has 7 nitrogen and oxygen atoms in total. The summed E-state index contributed by atoms with van der Waals surface area (Å²) in [5, 5.41) is 34.8. The molecule has 302 valence electrons.